The average molecular weight is 233 g/mol. The number of hydrogen-bond donors (Lipinski definition) is 1. The summed E-state index contributed by atoms with van der Waals surface area (Å²) < 4.78 is 0. The fraction of sp³-hybridized carbons (Fsp3) is 0.500. The molecule has 0 amide bonds. The molecule has 17 heavy (non-hydrogen) atoms. The van der Waals surface area contributed by atoms with Crippen LogP contribution in [0, 0.1) is 0 Å². The highest BCUT2D eigenvalue weighted by Gasteiger charge is 2.05. The third kappa shape index (κ3) is 5.00. The molecule has 1 aromatic rings. The van der Waals surface area contributed by atoms with E-state index in [0.29, 0.717) is 5.92 Å². The zero-order valence-electron chi connectivity index (χ0n) is 11.3. The number of hydrogen-bond acceptors (Lipinski definition) is 2. The first-order valence-electron chi connectivity index (χ1n) is 6.05. The molecular formula is C14H23N3. The van der Waals surface area contributed by atoms with Crippen LogP contribution in [0.4, 0.5) is 5.69 Å². The molecule has 0 fully saturated rings. The van der Waals surface area contributed by atoms with Crippen molar-refractivity contribution >= 4 is 12.0 Å². The number of anilines is 1. The van der Waals surface area contributed by atoms with Crippen LogP contribution in [0.3, 0.4) is 0 Å². The average Bonchev–Trinajstić information content (AvgIpc) is 2.34. The molecule has 0 unspecified atom stereocenters. The van der Waals surface area contributed by atoms with E-state index in [1.807, 2.05) is 0 Å². The van der Waals surface area contributed by atoms with Crippen LogP contribution < -0.4 is 5.32 Å². The van der Waals surface area contributed by atoms with E-state index in [4.69, 9.17) is 0 Å². The first kappa shape index (κ1) is 13.7. The molecule has 0 heterocycles. The highest BCUT2D eigenvalue weighted by molar-refractivity contribution is 5.75. The summed E-state index contributed by atoms with van der Waals surface area (Å²) in [7, 11) is 5.98. The summed E-state index contributed by atoms with van der Waals surface area (Å²) in [5.41, 5.74) is 2.48. The van der Waals surface area contributed by atoms with Crippen LogP contribution in [0.5, 0.6) is 0 Å². The maximum atomic E-state index is 3.90. The summed E-state index contributed by atoms with van der Waals surface area (Å²) in [5, 5.41) is 3.11. The zero-order valence-corrected chi connectivity index (χ0v) is 11.3. The van der Waals surface area contributed by atoms with Gasteiger partial charge < -0.3 is 10.2 Å². The van der Waals surface area contributed by atoms with Crippen molar-refractivity contribution in [3.05, 3.63) is 29.8 Å². The Bertz CT molecular complexity index is 341. The first-order valence-corrected chi connectivity index (χ1v) is 6.05. The van der Waals surface area contributed by atoms with Gasteiger partial charge >= 0.3 is 0 Å². The van der Waals surface area contributed by atoms with Gasteiger partial charge in [0.2, 0.25) is 0 Å². The Labute approximate surface area is 105 Å². The Morgan fingerprint density at radius 3 is 2.47 bits per heavy atom. The lowest BCUT2D eigenvalue weighted by Crippen LogP contribution is -2.15. The topological polar surface area (TPSA) is 27.6 Å². The highest BCUT2D eigenvalue weighted by atomic mass is 15.0. The van der Waals surface area contributed by atoms with Crippen LogP contribution in [-0.4, -0.2) is 38.9 Å². The van der Waals surface area contributed by atoms with E-state index in [1.54, 1.807) is 13.4 Å². The highest BCUT2D eigenvalue weighted by Crippen LogP contribution is 2.20. The normalized spacial score (nSPS) is 13.2. The fourth-order valence-electron chi connectivity index (χ4n) is 1.67. The Kier molecular flexibility index (Phi) is 5.70. The van der Waals surface area contributed by atoms with E-state index >= 15 is 0 Å². The summed E-state index contributed by atoms with van der Waals surface area (Å²) >= 11 is 0. The monoisotopic (exact) mass is 233 g/mol. The number of nitrogens with one attached hydrogen (secondary N) is 1. The van der Waals surface area contributed by atoms with Crippen molar-refractivity contribution in [2.75, 3.05) is 33.0 Å². The van der Waals surface area contributed by atoms with Gasteiger partial charge in [-0.3, -0.25) is 4.99 Å². The molecule has 0 radical (unpaired) electrons. The van der Waals surface area contributed by atoms with Crippen molar-refractivity contribution in [1.29, 1.82) is 0 Å². The van der Waals surface area contributed by atoms with Gasteiger partial charge in [-0.05, 0) is 50.7 Å². The third-order valence-electron chi connectivity index (χ3n) is 2.85. The molecular weight excluding hydrogens is 210 g/mol. The molecule has 1 aromatic carbocycles. The molecule has 0 saturated heterocycles. The molecule has 1 N–H and O–H groups in total. The number of benzene rings is 1. The summed E-state index contributed by atoms with van der Waals surface area (Å²) in [4.78, 5) is 6.12. The molecule has 0 aliphatic carbocycles. The van der Waals surface area contributed by atoms with E-state index in [2.05, 4.69) is 60.5 Å². The second-order valence-corrected chi connectivity index (χ2v) is 4.65. The van der Waals surface area contributed by atoms with Gasteiger partial charge in [0.05, 0.1) is 6.34 Å². The molecule has 0 aliphatic rings. The largest absolute Gasteiger partial charge is 0.347 e. The standard InChI is InChI=1S/C14H23N3/c1-12(9-10-17(3)4)13-5-7-14(8-6-13)16-11-15-2/h5-8,11-12H,9-10H2,1-4H3,(H,15,16)/t12-/m1/s1. The maximum Gasteiger partial charge on any atom is 0.0864 e. The van der Waals surface area contributed by atoms with Gasteiger partial charge in [-0.15, -0.1) is 0 Å². The smallest absolute Gasteiger partial charge is 0.0864 e. The molecule has 0 aromatic heterocycles. The Morgan fingerprint density at radius 1 is 1.29 bits per heavy atom. The quantitative estimate of drug-likeness (QED) is 0.604. The molecule has 0 saturated carbocycles. The van der Waals surface area contributed by atoms with Crippen LogP contribution in [-0.2, 0) is 0 Å². The van der Waals surface area contributed by atoms with E-state index in [-0.39, 0.29) is 0 Å². The van der Waals surface area contributed by atoms with Gasteiger partial charge in [-0.2, -0.15) is 0 Å². The van der Waals surface area contributed by atoms with Crippen LogP contribution in [0.15, 0.2) is 29.3 Å². The number of nitrogens with zero attached hydrogens (tertiary/aromatic N) is 2. The Hall–Kier alpha value is -1.35. The predicted octanol–water partition coefficient (Wildman–Crippen LogP) is 2.81. The van der Waals surface area contributed by atoms with E-state index in [0.717, 1.165) is 12.2 Å². The van der Waals surface area contributed by atoms with Gasteiger partial charge in [0.15, 0.2) is 0 Å². The van der Waals surface area contributed by atoms with Gasteiger partial charge in [-0.1, -0.05) is 19.1 Å². The van der Waals surface area contributed by atoms with E-state index in [1.165, 1.54) is 12.0 Å². The molecule has 1 rings (SSSR count). The summed E-state index contributed by atoms with van der Waals surface area (Å²) in [5.74, 6) is 0.603. The van der Waals surface area contributed by atoms with Gasteiger partial charge in [0, 0.05) is 12.7 Å². The second kappa shape index (κ2) is 7.07. The Balaban J connectivity index is 2.54. The lowest BCUT2D eigenvalue weighted by Gasteiger charge is -2.15. The van der Waals surface area contributed by atoms with Crippen LogP contribution in [0.2, 0.25) is 0 Å². The predicted molar refractivity (Wildman–Crippen MR) is 76.1 cm³/mol. The van der Waals surface area contributed by atoms with Crippen molar-refractivity contribution in [1.82, 2.24) is 4.90 Å². The van der Waals surface area contributed by atoms with Gasteiger partial charge in [-0.25, -0.2) is 0 Å². The minimum absolute atomic E-state index is 0.603. The Morgan fingerprint density at radius 2 is 1.94 bits per heavy atom. The van der Waals surface area contributed by atoms with Crippen molar-refractivity contribution in [3.63, 3.8) is 0 Å². The second-order valence-electron chi connectivity index (χ2n) is 4.65. The first-order chi connectivity index (χ1) is 8.13. The van der Waals surface area contributed by atoms with Crippen molar-refractivity contribution in [2.24, 2.45) is 4.99 Å². The molecule has 0 bridgehead atoms. The lowest BCUT2D eigenvalue weighted by molar-refractivity contribution is 0.386. The lowest BCUT2D eigenvalue weighted by atomic mass is 9.97. The molecule has 0 aliphatic heterocycles. The molecule has 3 heteroatoms. The number of aliphatic imine (C=N–C) groups is 1. The SMILES string of the molecule is CN=CNc1ccc([C@H](C)CCN(C)C)cc1. The molecule has 1 atom stereocenters. The molecule has 94 valence electrons. The fourth-order valence-corrected chi connectivity index (χ4v) is 1.67. The van der Waals surface area contributed by atoms with Gasteiger partial charge in [0.1, 0.15) is 0 Å². The summed E-state index contributed by atoms with van der Waals surface area (Å²) in [6.07, 6.45) is 2.89. The number of rotatable bonds is 6. The summed E-state index contributed by atoms with van der Waals surface area (Å²) in [6, 6.07) is 8.57. The summed E-state index contributed by atoms with van der Waals surface area (Å²) in [6.45, 7) is 3.41. The molecule has 0 spiro atoms. The van der Waals surface area contributed by atoms with Crippen LogP contribution in [0.1, 0.15) is 24.8 Å². The van der Waals surface area contributed by atoms with Crippen LogP contribution >= 0.6 is 0 Å². The van der Waals surface area contributed by atoms with Gasteiger partial charge in [0.25, 0.3) is 0 Å². The van der Waals surface area contributed by atoms with E-state index in [9.17, 15) is 0 Å². The van der Waals surface area contributed by atoms with Crippen molar-refractivity contribution in [2.45, 2.75) is 19.3 Å². The third-order valence-corrected chi connectivity index (χ3v) is 2.85. The zero-order chi connectivity index (χ0) is 12.7. The van der Waals surface area contributed by atoms with Crippen molar-refractivity contribution in [3.8, 4) is 0 Å². The van der Waals surface area contributed by atoms with Crippen molar-refractivity contribution < 1.29 is 0 Å². The molecule has 3 nitrogen and oxygen atoms in total. The minimum atomic E-state index is 0.603. The maximum absolute atomic E-state index is 3.90. The van der Waals surface area contributed by atoms with Crippen LogP contribution in [0.25, 0.3) is 0 Å². The van der Waals surface area contributed by atoms with E-state index < -0.39 is 0 Å². The minimum Gasteiger partial charge on any atom is -0.347 e.